The summed E-state index contributed by atoms with van der Waals surface area (Å²) in [6.07, 6.45) is 3.32. The second kappa shape index (κ2) is 11.3. The third-order valence-corrected chi connectivity index (χ3v) is 9.55. The van der Waals surface area contributed by atoms with Gasteiger partial charge in [0.25, 0.3) is 0 Å². The van der Waals surface area contributed by atoms with Crippen LogP contribution in [0.5, 0.6) is 0 Å². The minimum atomic E-state index is -0.909. The number of piperazine rings is 1. The Morgan fingerprint density at radius 2 is 2.02 bits per heavy atom. The number of nitriles is 1. The quantitative estimate of drug-likeness (QED) is 0.189. The number of piperidine rings is 1. The number of hydrogen-bond donors (Lipinski definition) is 2. The largest absolute Gasteiger partial charge is 0.444 e. The number of rotatable bonds is 9. The number of alkyl carbamates (subject to hydrolysis) is 1. The van der Waals surface area contributed by atoms with Crippen molar-refractivity contribution < 1.29 is 28.4 Å². The smallest absolute Gasteiger partial charge is 0.408 e. The van der Waals surface area contributed by atoms with Gasteiger partial charge in [-0.05, 0) is 82.1 Å². The van der Waals surface area contributed by atoms with E-state index in [9.17, 15) is 19.6 Å². The number of aryl methyl sites for hydroxylation is 1. The number of hydrogen-bond acceptors (Lipinski definition) is 10. The molecule has 1 aromatic carbocycles. The molecule has 0 unspecified atom stereocenters. The van der Waals surface area contributed by atoms with Gasteiger partial charge in [-0.1, -0.05) is 6.07 Å². The Bertz CT molecular complexity index is 1300. The third kappa shape index (κ3) is 5.58. The molecule has 3 saturated heterocycles. The number of ether oxygens (including phenoxy) is 1. The molecule has 2 aliphatic carbocycles. The van der Waals surface area contributed by atoms with Crippen molar-refractivity contribution in [3.05, 3.63) is 29.3 Å². The predicted octanol–water partition coefficient (Wildman–Crippen LogP) is 2.45. The first kappa shape index (κ1) is 29.2. The lowest BCUT2D eigenvalue weighted by Crippen LogP contribution is -2.59. The summed E-state index contributed by atoms with van der Waals surface area (Å²) in [5.74, 6) is 0.152. The lowest BCUT2D eigenvalue weighted by Gasteiger charge is -2.39. The fraction of sp³-hybridized carbons (Fsp3) is 0.655. The van der Waals surface area contributed by atoms with Crippen molar-refractivity contribution in [2.45, 2.75) is 99.6 Å². The van der Waals surface area contributed by atoms with Crippen LogP contribution in [-0.4, -0.2) is 88.6 Å². The van der Waals surface area contributed by atoms with Crippen LogP contribution in [0, 0.1) is 17.2 Å². The molecule has 0 radical (unpaired) electrons. The van der Waals surface area contributed by atoms with Gasteiger partial charge in [-0.2, -0.15) is 10.7 Å². The molecule has 3 aliphatic heterocycles. The number of carbonyl (C=O) groups excluding carboxylic acids is 3. The van der Waals surface area contributed by atoms with E-state index in [0.29, 0.717) is 25.3 Å². The highest BCUT2D eigenvalue weighted by Crippen LogP contribution is 2.48. The van der Waals surface area contributed by atoms with E-state index in [4.69, 9.17) is 14.1 Å². The van der Waals surface area contributed by atoms with Gasteiger partial charge in [-0.25, -0.2) is 4.79 Å². The molecule has 12 nitrogen and oxygen atoms in total. The molecular formula is C29H38N6O6S. The number of nitrogens with one attached hydrogen (secondary N) is 2. The summed E-state index contributed by atoms with van der Waals surface area (Å²) >= 11 is 1.13. The molecule has 0 spiro atoms. The molecule has 1 saturated carbocycles. The lowest BCUT2D eigenvalue weighted by atomic mass is 10.1. The summed E-state index contributed by atoms with van der Waals surface area (Å²) in [7, 11) is 1.62. The third-order valence-electron chi connectivity index (χ3n) is 8.97. The molecule has 3 amide bonds. The summed E-state index contributed by atoms with van der Waals surface area (Å²) in [6, 6.07) is 6.75. The maximum atomic E-state index is 13.8. The SMILES string of the molecule is CNOOSc1ccc2c(c1)CC[C@@H]2N1C(=O)[C@H]2C[C@@H]1CN2C[C@H](NC(=O)OC(C)(C)C)C(=O)N1[C@H](C#N)C[C@@H]2C[C@@H]21. The number of carbonyl (C=O) groups is 3. The van der Waals surface area contributed by atoms with Gasteiger partial charge in [0, 0.05) is 37.1 Å². The van der Waals surface area contributed by atoms with Crippen molar-refractivity contribution >= 4 is 30.0 Å². The normalized spacial score (nSPS) is 30.2. The van der Waals surface area contributed by atoms with Gasteiger partial charge in [-0.3, -0.25) is 14.5 Å². The maximum absolute atomic E-state index is 13.8. The first-order valence-corrected chi connectivity index (χ1v) is 15.4. The monoisotopic (exact) mass is 598 g/mol. The average Bonchev–Trinajstić information content (AvgIpc) is 3.26. The number of nitrogens with zero attached hydrogens (tertiary/aromatic N) is 4. The fourth-order valence-corrected chi connectivity index (χ4v) is 7.74. The summed E-state index contributed by atoms with van der Waals surface area (Å²) in [5, 5.41) is 12.5. The highest BCUT2D eigenvalue weighted by Gasteiger charge is 2.57. The van der Waals surface area contributed by atoms with E-state index in [1.54, 1.807) is 32.7 Å². The second-order valence-electron chi connectivity index (χ2n) is 12.8. The van der Waals surface area contributed by atoms with E-state index in [2.05, 4.69) is 29.0 Å². The first-order valence-electron chi connectivity index (χ1n) is 14.6. The lowest BCUT2D eigenvalue weighted by molar-refractivity contribution is -0.237. The van der Waals surface area contributed by atoms with Crippen LogP contribution >= 0.6 is 12.0 Å². The topological polar surface area (TPSA) is 136 Å². The molecule has 3 heterocycles. The molecule has 4 fully saturated rings. The van der Waals surface area contributed by atoms with Crippen LogP contribution in [0.25, 0.3) is 0 Å². The van der Waals surface area contributed by atoms with Gasteiger partial charge in [-0.15, -0.1) is 9.32 Å². The van der Waals surface area contributed by atoms with Gasteiger partial charge in [0.2, 0.25) is 11.8 Å². The Hall–Kier alpha value is -2.89. The Morgan fingerprint density at radius 1 is 1.21 bits per heavy atom. The molecular weight excluding hydrogens is 560 g/mol. The van der Waals surface area contributed by atoms with Crippen LogP contribution in [-0.2, 0) is 30.1 Å². The molecule has 6 rings (SSSR count). The van der Waals surface area contributed by atoms with E-state index in [0.717, 1.165) is 41.8 Å². The molecule has 2 N–H and O–H groups in total. The van der Waals surface area contributed by atoms with Crippen LogP contribution in [0.1, 0.15) is 63.6 Å². The zero-order valence-electron chi connectivity index (χ0n) is 24.4. The van der Waals surface area contributed by atoms with Gasteiger partial charge < -0.3 is 19.9 Å². The molecule has 13 heteroatoms. The zero-order valence-corrected chi connectivity index (χ0v) is 25.2. The minimum absolute atomic E-state index is 0.0169. The highest BCUT2D eigenvalue weighted by atomic mass is 32.2. The second-order valence-corrected chi connectivity index (χ2v) is 13.6. The van der Waals surface area contributed by atoms with Crippen molar-refractivity contribution in [2.75, 3.05) is 20.1 Å². The molecule has 42 heavy (non-hydrogen) atoms. The van der Waals surface area contributed by atoms with Crippen LogP contribution in [0.3, 0.4) is 0 Å². The Labute approximate surface area is 250 Å². The van der Waals surface area contributed by atoms with Crippen molar-refractivity contribution in [1.29, 1.82) is 5.26 Å². The summed E-state index contributed by atoms with van der Waals surface area (Å²) < 4.78 is 10.5. The van der Waals surface area contributed by atoms with Crippen molar-refractivity contribution in [3.63, 3.8) is 0 Å². The van der Waals surface area contributed by atoms with Crippen molar-refractivity contribution in [3.8, 4) is 6.07 Å². The van der Waals surface area contributed by atoms with E-state index in [1.165, 1.54) is 5.56 Å². The minimum Gasteiger partial charge on any atom is -0.444 e. The predicted molar refractivity (Wildman–Crippen MR) is 151 cm³/mol. The maximum Gasteiger partial charge on any atom is 0.408 e. The Morgan fingerprint density at radius 3 is 2.74 bits per heavy atom. The Kier molecular flexibility index (Phi) is 7.86. The molecule has 2 bridgehead atoms. The summed E-state index contributed by atoms with van der Waals surface area (Å²) in [4.78, 5) is 51.8. The van der Waals surface area contributed by atoms with E-state index >= 15 is 0 Å². The number of fused-ring (bicyclic) bond motifs is 4. The van der Waals surface area contributed by atoms with Crippen molar-refractivity contribution in [1.82, 2.24) is 25.5 Å². The zero-order chi connectivity index (χ0) is 29.8. The highest BCUT2D eigenvalue weighted by molar-refractivity contribution is 7.94. The molecule has 7 atom stereocenters. The standard InChI is InChI=1S/C29H38N6O6S/c1-29(2,3)39-28(38)32-22(26(36)34-18(13-30)9-17-11-24(17)34)15-33-14-19-12-25(33)27(37)35(19)23-8-5-16-10-20(6-7-21(16)23)42-41-40-31-4/h6-7,10,17-19,22-25,31H,5,8-9,11-12,14-15H2,1-4H3,(H,32,38)/t17-,18+,19-,22+,23+,24+,25-/m1/s1. The van der Waals surface area contributed by atoms with E-state index < -0.39 is 23.8 Å². The van der Waals surface area contributed by atoms with E-state index in [-0.39, 0.29) is 42.5 Å². The van der Waals surface area contributed by atoms with Crippen LogP contribution in [0.4, 0.5) is 4.79 Å². The molecule has 0 aromatic heterocycles. The summed E-state index contributed by atoms with van der Waals surface area (Å²) in [5.41, 5.74) is 4.10. The van der Waals surface area contributed by atoms with Crippen LogP contribution in [0.2, 0.25) is 0 Å². The van der Waals surface area contributed by atoms with Gasteiger partial charge in [0.15, 0.2) is 0 Å². The van der Waals surface area contributed by atoms with Gasteiger partial charge >= 0.3 is 6.09 Å². The average molecular weight is 599 g/mol. The Balaban J connectivity index is 1.14. The fourth-order valence-electron chi connectivity index (χ4n) is 7.24. The molecule has 5 aliphatic rings. The van der Waals surface area contributed by atoms with Crippen LogP contribution < -0.4 is 10.8 Å². The number of hydroxylamine groups is 1. The van der Waals surface area contributed by atoms with Gasteiger partial charge in [0.05, 0.1) is 30.2 Å². The number of amides is 3. The van der Waals surface area contributed by atoms with Crippen LogP contribution in [0.15, 0.2) is 23.1 Å². The number of benzene rings is 1. The molecule has 226 valence electrons. The molecule has 1 aromatic rings. The van der Waals surface area contributed by atoms with Gasteiger partial charge in [0.1, 0.15) is 17.7 Å². The summed E-state index contributed by atoms with van der Waals surface area (Å²) in [6.45, 7) is 6.12. The number of likely N-dealkylation sites (tertiary alicyclic amines) is 3. The first-order chi connectivity index (χ1) is 20.1. The van der Waals surface area contributed by atoms with Crippen molar-refractivity contribution in [2.24, 2.45) is 5.92 Å². The van der Waals surface area contributed by atoms with E-state index in [1.807, 2.05) is 15.9 Å².